The molecular weight excluding hydrogens is 382 g/mol. The summed E-state index contributed by atoms with van der Waals surface area (Å²) in [4.78, 5) is 27.5. The third kappa shape index (κ3) is 6.40. The van der Waals surface area contributed by atoms with Crippen molar-refractivity contribution in [2.75, 3.05) is 25.1 Å². The van der Waals surface area contributed by atoms with Gasteiger partial charge in [-0.05, 0) is 43.3 Å². The van der Waals surface area contributed by atoms with Crippen LogP contribution in [-0.2, 0) is 16.0 Å². The monoisotopic (exact) mass is 411 g/mol. The lowest BCUT2D eigenvalue weighted by molar-refractivity contribution is -0.136. The van der Waals surface area contributed by atoms with Crippen LogP contribution in [0.25, 0.3) is 0 Å². The highest BCUT2D eigenvalue weighted by Crippen LogP contribution is 2.21. The number of hydrogen-bond donors (Lipinski definition) is 2. The lowest BCUT2D eigenvalue weighted by Crippen LogP contribution is -2.51. The summed E-state index contributed by atoms with van der Waals surface area (Å²) in [6.07, 6.45) is 6.40. The summed E-state index contributed by atoms with van der Waals surface area (Å²) in [5, 5.41) is 6.61. The zero-order chi connectivity index (χ0) is 18.4. The van der Waals surface area contributed by atoms with E-state index in [0.29, 0.717) is 24.9 Å². The number of carbonyl (C=O) groups is 2. The van der Waals surface area contributed by atoms with Crippen LogP contribution in [0.4, 0.5) is 0 Å². The molecule has 2 aliphatic rings. The van der Waals surface area contributed by atoms with E-state index >= 15 is 0 Å². The van der Waals surface area contributed by atoms with Crippen LogP contribution in [0.1, 0.15) is 31.2 Å². The van der Waals surface area contributed by atoms with Crippen molar-refractivity contribution in [2.45, 2.75) is 50.2 Å². The Labute approximate surface area is 172 Å². The molecule has 0 aliphatic carbocycles. The van der Waals surface area contributed by atoms with E-state index in [1.54, 1.807) is 11.8 Å². The van der Waals surface area contributed by atoms with Gasteiger partial charge in [0.2, 0.25) is 11.8 Å². The van der Waals surface area contributed by atoms with E-state index in [1.807, 2.05) is 41.5 Å². The number of hydrogen-bond acceptors (Lipinski definition) is 4. The van der Waals surface area contributed by atoms with Crippen molar-refractivity contribution in [3.05, 3.63) is 35.9 Å². The van der Waals surface area contributed by atoms with E-state index in [0.717, 1.165) is 37.2 Å². The third-order valence-electron chi connectivity index (χ3n) is 5.29. The van der Waals surface area contributed by atoms with Crippen LogP contribution in [0, 0.1) is 0 Å². The fourth-order valence-corrected chi connectivity index (χ4v) is 4.35. The molecule has 0 aromatic heterocycles. The number of carbonyl (C=O) groups excluding carboxylic acids is 2. The van der Waals surface area contributed by atoms with Crippen LogP contribution in [0.2, 0.25) is 0 Å². The zero-order valence-corrected chi connectivity index (χ0v) is 17.5. The van der Waals surface area contributed by atoms with E-state index in [4.69, 9.17) is 0 Å². The van der Waals surface area contributed by atoms with E-state index < -0.39 is 6.04 Å². The van der Waals surface area contributed by atoms with Crippen molar-refractivity contribution >= 4 is 36.0 Å². The largest absolute Gasteiger partial charge is 0.344 e. The molecule has 5 nitrogen and oxygen atoms in total. The molecule has 1 aromatic carbocycles. The van der Waals surface area contributed by atoms with Gasteiger partial charge in [0.15, 0.2) is 0 Å². The van der Waals surface area contributed by atoms with Gasteiger partial charge < -0.3 is 15.5 Å². The van der Waals surface area contributed by atoms with Crippen LogP contribution in [0.15, 0.2) is 30.3 Å². The maximum atomic E-state index is 13.1. The quantitative estimate of drug-likeness (QED) is 0.722. The highest BCUT2D eigenvalue weighted by molar-refractivity contribution is 7.98. The number of thioether (sulfide) groups is 1. The van der Waals surface area contributed by atoms with Crippen LogP contribution >= 0.6 is 24.2 Å². The second-order valence-corrected chi connectivity index (χ2v) is 8.26. The van der Waals surface area contributed by atoms with E-state index in [1.165, 1.54) is 6.42 Å². The van der Waals surface area contributed by atoms with Gasteiger partial charge in [-0.25, -0.2) is 0 Å². The van der Waals surface area contributed by atoms with Gasteiger partial charge >= 0.3 is 0 Å². The summed E-state index contributed by atoms with van der Waals surface area (Å²) >= 11 is 1.71. The van der Waals surface area contributed by atoms with Crippen molar-refractivity contribution in [2.24, 2.45) is 0 Å². The number of amides is 2. The predicted octanol–water partition coefficient (Wildman–Crippen LogP) is 2.24. The van der Waals surface area contributed by atoms with Crippen LogP contribution in [0.5, 0.6) is 0 Å². The number of nitrogens with one attached hydrogen (secondary N) is 2. The summed E-state index contributed by atoms with van der Waals surface area (Å²) in [5.74, 6) is 0.861. The summed E-state index contributed by atoms with van der Waals surface area (Å²) < 4.78 is 0. The minimum Gasteiger partial charge on any atom is -0.344 e. The average molecular weight is 412 g/mol. The summed E-state index contributed by atoms with van der Waals surface area (Å²) in [6, 6.07) is 10.2. The van der Waals surface area contributed by atoms with E-state index in [2.05, 4.69) is 10.6 Å². The van der Waals surface area contributed by atoms with Crippen LogP contribution in [-0.4, -0.2) is 59.9 Å². The molecule has 0 radical (unpaired) electrons. The molecule has 2 N–H and O–H groups in total. The molecule has 2 fully saturated rings. The molecule has 2 aliphatic heterocycles. The fourth-order valence-electron chi connectivity index (χ4n) is 3.88. The van der Waals surface area contributed by atoms with Gasteiger partial charge in [0.25, 0.3) is 0 Å². The Balaban J connectivity index is 0.00000261. The predicted molar refractivity (Wildman–Crippen MR) is 113 cm³/mol. The maximum Gasteiger partial charge on any atom is 0.245 e. The Morgan fingerprint density at radius 3 is 2.70 bits per heavy atom. The minimum absolute atomic E-state index is 0. The Bertz CT molecular complexity index is 617. The highest BCUT2D eigenvalue weighted by Gasteiger charge is 2.33. The number of rotatable bonds is 7. The maximum absolute atomic E-state index is 13.1. The van der Waals surface area contributed by atoms with Crippen molar-refractivity contribution in [3.63, 3.8) is 0 Å². The summed E-state index contributed by atoms with van der Waals surface area (Å²) in [6.45, 7) is 1.55. The second-order valence-electron chi connectivity index (χ2n) is 7.27. The van der Waals surface area contributed by atoms with Crippen molar-refractivity contribution < 1.29 is 9.59 Å². The molecule has 27 heavy (non-hydrogen) atoms. The first kappa shape index (κ1) is 22.1. The first-order valence-electron chi connectivity index (χ1n) is 9.52. The molecule has 0 spiro atoms. The summed E-state index contributed by atoms with van der Waals surface area (Å²) in [7, 11) is 0. The number of fused-ring (bicyclic) bond motifs is 2. The Morgan fingerprint density at radius 1 is 1.22 bits per heavy atom. The molecular formula is C20H30ClN3O2S. The lowest BCUT2D eigenvalue weighted by atomic mass is 10.1. The summed E-state index contributed by atoms with van der Waals surface area (Å²) in [5.41, 5.74) is 0.970. The molecule has 2 bridgehead atoms. The SMILES string of the molecule is CSCCC(NC(=O)Cc1ccccc1)C(=O)N1CCC2CCC(C1)N2.Cl. The average Bonchev–Trinajstić information content (AvgIpc) is 2.97. The number of benzene rings is 1. The molecule has 3 atom stereocenters. The van der Waals surface area contributed by atoms with Gasteiger partial charge in [0, 0.05) is 25.2 Å². The van der Waals surface area contributed by atoms with Gasteiger partial charge in [-0.2, -0.15) is 11.8 Å². The Hall–Kier alpha value is -1.24. The molecule has 7 heteroatoms. The van der Waals surface area contributed by atoms with Gasteiger partial charge in [0.05, 0.1) is 6.42 Å². The normalized spacial score (nSPS) is 22.5. The molecule has 2 amide bonds. The smallest absolute Gasteiger partial charge is 0.245 e. The molecule has 2 heterocycles. The van der Waals surface area contributed by atoms with Crippen molar-refractivity contribution in [3.8, 4) is 0 Å². The molecule has 3 rings (SSSR count). The Morgan fingerprint density at radius 2 is 1.96 bits per heavy atom. The number of likely N-dealkylation sites (tertiary alicyclic amines) is 1. The Kier molecular flexibility index (Phi) is 8.93. The molecule has 0 saturated carbocycles. The molecule has 3 unspecified atom stereocenters. The molecule has 1 aromatic rings. The molecule has 2 saturated heterocycles. The van der Waals surface area contributed by atoms with Gasteiger partial charge in [0.1, 0.15) is 6.04 Å². The number of nitrogens with zero attached hydrogens (tertiary/aromatic N) is 1. The van der Waals surface area contributed by atoms with Gasteiger partial charge in [-0.3, -0.25) is 9.59 Å². The standard InChI is InChI=1S/C20H29N3O2S.ClH/c1-26-12-10-18(22-19(24)13-15-5-3-2-4-6-15)20(25)23-11-9-16-7-8-17(14-23)21-16;/h2-6,16-18,21H,7-14H2,1H3,(H,22,24);1H. The van der Waals surface area contributed by atoms with E-state index in [-0.39, 0.29) is 24.2 Å². The fraction of sp³-hybridized carbons (Fsp3) is 0.600. The lowest BCUT2D eigenvalue weighted by Gasteiger charge is -2.29. The molecule has 150 valence electrons. The van der Waals surface area contributed by atoms with E-state index in [9.17, 15) is 9.59 Å². The first-order chi connectivity index (χ1) is 12.7. The van der Waals surface area contributed by atoms with Gasteiger partial charge in [-0.1, -0.05) is 30.3 Å². The highest BCUT2D eigenvalue weighted by atomic mass is 35.5. The topological polar surface area (TPSA) is 61.4 Å². The van der Waals surface area contributed by atoms with Crippen molar-refractivity contribution in [1.82, 2.24) is 15.5 Å². The number of halogens is 1. The first-order valence-corrected chi connectivity index (χ1v) is 10.9. The minimum atomic E-state index is -0.421. The zero-order valence-electron chi connectivity index (χ0n) is 15.9. The van der Waals surface area contributed by atoms with Crippen molar-refractivity contribution in [1.29, 1.82) is 0 Å². The third-order valence-corrected chi connectivity index (χ3v) is 5.93. The van der Waals surface area contributed by atoms with Crippen LogP contribution in [0.3, 0.4) is 0 Å². The second kappa shape index (κ2) is 10.9. The van der Waals surface area contributed by atoms with Crippen LogP contribution < -0.4 is 10.6 Å². The van der Waals surface area contributed by atoms with Gasteiger partial charge in [-0.15, -0.1) is 12.4 Å².